The molecule has 2 aliphatic carbocycles. The molecule has 2 aromatic rings. The number of nitrogens with zero attached hydrogens (tertiary/aromatic N) is 1. The zero-order chi connectivity index (χ0) is 29.0. The molecule has 0 saturated carbocycles. The highest BCUT2D eigenvalue weighted by Crippen LogP contribution is 2.55. The number of ether oxygens (including phenoxy) is 2. The molecular formula is C34H40BrNO4. The zero-order valence-electron chi connectivity index (χ0n) is 24.7. The molecular weight excluding hydrogens is 566 g/mol. The maximum atomic E-state index is 13.8. The van der Waals surface area contributed by atoms with Crippen LogP contribution in [0.2, 0.25) is 0 Å². The molecule has 0 bridgehead atoms. The number of ketones is 2. The van der Waals surface area contributed by atoms with E-state index in [0.29, 0.717) is 37.6 Å². The Hall–Kier alpha value is -2.86. The average Bonchev–Trinajstić information content (AvgIpc) is 2.85. The Morgan fingerprint density at radius 1 is 0.875 bits per heavy atom. The van der Waals surface area contributed by atoms with Crippen LogP contribution in [0.25, 0.3) is 0 Å². The fraction of sp³-hybridized carbons (Fsp3) is 0.471. The van der Waals surface area contributed by atoms with E-state index in [1.54, 1.807) is 0 Å². The number of carbonyl (C=O) groups is 2. The molecule has 0 saturated heterocycles. The van der Waals surface area contributed by atoms with E-state index >= 15 is 0 Å². The van der Waals surface area contributed by atoms with Crippen molar-refractivity contribution in [2.75, 3.05) is 13.7 Å². The van der Waals surface area contributed by atoms with Crippen molar-refractivity contribution in [3.63, 3.8) is 0 Å². The lowest BCUT2D eigenvalue weighted by atomic mass is 9.64. The van der Waals surface area contributed by atoms with Gasteiger partial charge in [-0.25, -0.2) is 0 Å². The first-order valence-corrected chi connectivity index (χ1v) is 15.0. The van der Waals surface area contributed by atoms with Crippen LogP contribution in [0.1, 0.15) is 82.9 Å². The van der Waals surface area contributed by atoms with Crippen LogP contribution in [0.15, 0.2) is 63.4 Å². The highest BCUT2D eigenvalue weighted by molar-refractivity contribution is 9.10. The fourth-order valence-corrected chi connectivity index (χ4v) is 7.07. The largest absolute Gasteiger partial charge is 0.490 e. The number of allylic oxidation sites excluding steroid dienone is 4. The maximum absolute atomic E-state index is 13.8. The van der Waals surface area contributed by atoms with E-state index in [1.807, 2.05) is 26.1 Å². The van der Waals surface area contributed by atoms with Gasteiger partial charge in [-0.05, 0) is 76.7 Å². The number of halogens is 1. The van der Waals surface area contributed by atoms with Crippen molar-refractivity contribution < 1.29 is 19.1 Å². The molecule has 0 spiro atoms. The predicted molar refractivity (Wildman–Crippen MR) is 161 cm³/mol. The zero-order valence-corrected chi connectivity index (χ0v) is 26.3. The topological polar surface area (TPSA) is 55.8 Å². The Bertz CT molecular complexity index is 1380. The summed E-state index contributed by atoms with van der Waals surface area (Å²) in [5.74, 6) is 1.06. The van der Waals surface area contributed by atoms with Crippen LogP contribution >= 0.6 is 15.9 Å². The minimum absolute atomic E-state index is 0.126. The summed E-state index contributed by atoms with van der Waals surface area (Å²) in [4.78, 5) is 29.8. The molecule has 1 heterocycles. The second-order valence-electron chi connectivity index (χ2n) is 13.1. The summed E-state index contributed by atoms with van der Waals surface area (Å²) in [6.45, 7) is 13.5. The second-order valence-corrected chi connectivity index (χ2v) is 14.0. The van der Waals surface area contributed by atoms with E-state index in [-0.39, 0.29) is 22.4 Å². The summed E-state index contributed by atoms with van der Waals surface area (Å²) in [6, 6.07) is 12.3. The summed E-state index contributed by atoms with van der Waals surface area (Å²) in [5, 5.41) is 0. The van der Waals surface area contributed by atoms with Gasteiger partial charge in [-0.15, -0.1) is 0 Å². The number of Topliss-reactive ketones (excluding diaryl/α,β-unsaturated/α-hetero) is 2. The molecule has 5 nitrogen and oxygen atoms in total. The first-order chi connectivity index (χ1) is 18.8. The van der Waals surface area contributed by atoms with Gasteiger partial charge in [-0.3, -0.25) is 9.59 Å². The molecule has 0 amide bonds. The minimum Gasteiger partial charge on any atom is -0.490 e. The van der Waals surface area contributed by atoms with Gasteiger partial charge in [0.2, 0.25) is 0 Å². The molecule has 6 heteroatoms. The van der Waals surface area contributed by atoms with Gasteiger partial charge >= 0.3 is 0 Å². The average molecular weight is 607 g/mol. The van der Waals surface area contributed by atoms with Gasteiger partial charge in [0.1, 0.15) is 6.61 Å². The number of hydrogen-bond donors (Lipinski definition) is 0. The number of hydrogen-bond acceptors (Lipinski definition) is 5. The van der Waals surface area contributed by atoms with Gasteiger partial charge in [0.25, 0.3) is 0 Å². The van der Waals surface area contributed by atoms with Gasteiger partial charge < -0.3 is 14.4 Å². The van der Waals surface area contributed by atoms with Crippen molar-refractivity contribution in [2.45, 2.75) is 79.8 Å². The van der Waals surface area contributed by atoms with Crippen molar-refractivity contribution >= 4 is 27.5 Å². The van der Waals surface area contributed by atoms with Crippen molar-refractivity contribution in [1.82, 2.24) is 4.90 Å². The van der Waals surface area contributed by atoms with Crippen LogP contribution in [0.4, 0.5) is 0 Å². The smallest absolute Gasteiger partial charge is 0.175 e. The molecule has 0 unspecified atom stereocenters. The Kier molecular flexibility index (Phi) is 7.54. The SMILES string of the molecule is CCOc1cc(C2C3=C(CC(C)(C)CC3=O)N(C)C3=C2C(=O)CC(C)(C)C3)cc(Br)c1OCc1ccc(C)cc1. The summed E-state index contributed by atoms with van der Waals surface area (Å²) < 4.78 is 13.1. The van der Waals surface area contributed by atoms with E-state index in [1.165, 1.54) is 5.56 Å². The van der Waals surface area contributed by atoms with Crippen molar-refractivity contribution in [3.8, 4) is 11.5 Å². The summed E-state index contributed by atoms with van der Waals surface area (Å²) in [6.07, 6.45) is 2.53. The van der Waals surface area contributed by atoms with Crippen LogP contribution in [0, 0.1) is 17.8 Å². The number of rotatable bonds is 6. The summed E-state index contributed by atoms with van der Waals surface area (Å²) in [5.41, 5.74) is 6.49. The molecule has 40 heavy (non-hydrogen) atoms. The monoisotopic (exact) mass is 605 g/mol. The van der Waals surface area contributed by atoms with E-state index in [2.05, 4.69) is 79.7 Å². The van der Waals surface area contributed by atoms with Crippen LogP contribution in [0.5, 0.6) is 11.5 Å². The van der Waals surface area contributed by atoms with Gasteiger partial charge in [0.15, 0.2) is 23.1 Å². The van der Waals surface area contributed by atoms with Gasteiger partial charge in [-0.2, -0.15) is 0 Å². The van der Waals surface area contributed by atoms with E-state index in [0.717, 1.165) is 51.0 Å². The first kappa shape index (κ1) is 28.7. The van der Waals surface area contributed by atoms with Crippen LogP contribution < -0.4 is 9.47 Å². The van der Waals surface area contributed by atoms with Crippen LogP contribution in [-0.4, -0.2) is 30.1 Å². The first-order valence-electron chi connectivity index (χ1n) is 14.2. The molecule has 0 fully saturated rings. The fourth-order valence-electron chi connectivity index (χ4n) is 6.50. The third kappa shape index (κ3) is 5.39. The third-order valence-electron chi connectivity index (χ3n) is 8.35. The van der Waals surface area contributed by atoms with E-state index in [4.69, 9.17) is 9.47 Å². The highest BCUT2D eigenvalue weighted by Gasteiger charge is 2.48. The van der Waals surface area contributed by atoms with Gasteiger partial charge in [-0.1, -0.05) is 57.5 Å². The van der Waals surface area contributed by atoms with Crippen molar-refractivity contribution in [3.05, 3.63) is 80.1 Å². The lowest BCUT2D eigenvalue weighted by Crippen LogP contribution is -2.43. The molecule has 0 aromatic heterocycles. The second kappa shape index (κ2) is 10.5. The molecule has 0 atom stereocenters. The normalized spacial score (nSPS) is 20.4. The lowest BCUT2D eigenvalue weighted by molar-refractivity contribution is -0.119. The lowest BCUT2D eigenvalue weighted by Gasteiger charge is -2.48. The molecule has 3 aliphatic rings. The number of benzene rings is 2. The van der Waals surface area contributed by atoms with Crippen molar-refractivity contribution in [1.29, 1.82) is 0 Å². The maximum Gasteiger partial charge on any atom is 0.175 e. The molecule has 2 aromatic carbocycles. The highest BCUT2D eigenvalue weighted by atomic mass is 79.9. The third-order valence-corrected chi connectivity index (χ3v) is 8.94. The van der Waals surface area contributed by atoms with E-state index in [9.17, 15) is 9.59 Å². The quantitative estimate of drug-likeness (QED) is 0.333. The Balaban J connectivity index is 1.63. The van der Waals surface area contributed by atoms with Crippen LogP contribution in [0.3, 0.4) is 0 Å². The summed E-state index contributed by atoms with van der Waals surface area (Å²) in [7, 11) is 2.04. The molecule has 5 rings (SSSR count). The Morgan fingerprint density at radius 2 is 1.43 bits per heavy atom. The minimum atomic E-state index is -0.421. The summed E-state index contributed by atoms with van der Waals surface area (Å²) >= 11 is 3.76. The molecule has 1 aliphatic heterocycles. The van der Waals surface area contributed by atoms with E-state index < -0.39 is 5.92 Å². The van der Waals surface area contributed by atoms with Crippen LogP contribution in [-0.2, 0) is 16.2 Å². The Morgan fingerprint density at radius 3 is 1.95 bits per heavy atom. The van der Waals surface area contributed by atoms with Gasteiger partial charge in [0, 0.05) is 48.3 Å². The number of aryl methyl sites for hydroxylation is 1. The number of carbonyl (C=O) groups excluding carboxylic acids is 2. The molecule has 0 radical (unpaired) electrons. The Labute approximate surface area is 246 Å². The van der Waals surface area contributed by atoms with Gasteiger partial charge in [0.05, 0.1) is 11.1 Å². The predicted octanol–water partition coefficient (Wildman–Crippen LogP) is 8.05. The molecule has 212 valence electrons. The van der Waals surface area contributed by atoms with Crippen molar-refractivity contribution in [2.24, 2.45) is 10.8 Å². The standard InChI is InChI=1S/C34H40BrNO4/c1-8-39-28-14-22(13-23(35)32(28)40-19-21-11-9-20(2)10-12-21)29-30-24(15-33(3,4)17-26(30)37)36(7)25-16-34(5,6)18-27(38)31(25)29/h9-14,29H,8,15-19H2,1-7H3. The molecule has 0 N–H and O–H groups in total.